The SMILES string of the molecule is COc1ccnc(-n2c3ccccc3c3ccc(Oc4cc(C)cc(-n5nc(C)c(C6C(F)=CCC[C@@H]6F)c5C)c4)cc32)c1. The van der Waals surface area contributed by atoms with Gasteiger partial charge in [-0.1, -0.05) is 24.3 Å². The first-order valence-corrected chi connectivity index (χ1v) is 14.7. The van der Waals surface area contributed by atoms with E-state index in [2.05, 4.69) is 27.8 Å². The second-order valence-corrected chi connectivity index (χ2v) is 11.3. The van der Waals surface area contributed by atoms with Crippen molar-refractivity contribution < 1.29 is 18.3 Å². The molecule has 0 bridgehead atoms. The maximum Gasteiger partial charge on any atom is 0.141 e. The molecule has 3 heterocycles. The van der Waals surface area contributed by atoms with E-state index in [1.54, 1.807) is 18.0 Å². The molecule has 0 saturated carbocycles. The second kappa shape index (κ2) is 10.9. The van der Waals surface area contributed by atoms with Gasteiger partial charge < -0.3 is 9.47 Å². The van der Waals surface area contributed by atoms with E-state index in [0.29, 0.717) is 41.3 Å². The number of hydrogen-bond acceptors (Lipinski definition) is 4. The Kier molecular flexibility index (Phi) is 6.92. The van der Waals surface area contributed by atoms with Crippen LogP contribution in [0, 0.1) is 20.8 Å². The lowest BCUT2D eigenvalue weighted by molar-refractivity contribution is 0.251. The van der Waals surface area contributed by atoms with E-state index in [1.165, 1.54) is 6.08 Å². The minimum absolute atomic E-state index is 0.307. The predicted octanol–water partition coefficient (Wildman–Crippen LogP) is 9.16. The highest BCUT2D eigenvalue weighted by Gasteiger charge is 2.34. The first-order valence-electron chi connectivity index (χ1n) is 14.7. The third kappa shape index (κ3) is 4.71. The number of methoxy groups -OCH3 is 1. The van der Waals surface area contributed by atoms with E-state index in [0.717, 1.165) is 44.6 Å². The molecule has 1 unspecified atom stereocenters. The minimum atomic E-state index is -1.27. The Morgan fingerprint density at radius 2 is 1.68 bits per heavy atom. The molecule has 44 heavy (non-hydrogen) atoms. The fourth-order valence-electron chi connectivity index (χ4n) is 6.48. The monoisotopic (exact) mass is 590 g/mol. The predicted molar refractivity (Wildman–Crippen MR) is 169 cm³/mol. The van der Waals surface area contributed by atoms with Crippen LogP contribution in [0.3, 0.4) is 0 Å². The van der Waals surface area contributed by atoms with Gasteiger partial charge in [-0.15, -0.1) is 0 Å². The van der Waals surface area contributed by atoms with Crippen molar-refractivity contribution >= 4 is 21.8 Å². The quantitative estimate of drug-likeness (QED) is 0.194. The van der Waals surface area contributed by atoms with Crippen molar-refractivity contribution in [3.8, 4) is 28.8 Å². The van der Waals surface area contributed by atoms with Gasteiger partial charge in [0.2, 0.25) is 0 Å². The molecule has 0 spiro atoms. The maximum atomic E-state index is 14.9. The van der Waals surface area contributed by atoms with Crippen LogP contribution in [0.4, 0.5) is 8.78 Å². The summed E-state index contributed by atoms with van der Waals surface area (Å²) < 4.78 is 45.6. The molecule has 0 N–H and O–H groups in total. The van der Waals surface area contributed by atoms with Crippen LogP contribution in [-0.2, 0) is 0 Å². The van der Waals surface area contributed by atoms with E-state index in [-0.39, 0.29) is 0 Å². The van der Waals surface area contributed by atoms with Crippen molar-refractivity contribution in [1.29, 1.82) is 0 Å². The van der Waals surface area contributed by atoms with Crippen LogP contribution in [0.25, 0.3) is 33.3 Å². The van der Waals surface area contributed by atoms with Crippen molar-refractivity contribution in [3.05, 3.63) is 113 Å². The molecule has 3 aromatic carbocycles. The highest BCUT2D eigenvalue weighted by molar-refractivity contribution is 6.09. The summed E-state index contributed by atoms with van der Waals surface area (Å²) in [4.78, 5) is 4.64. The third-order valence-electron chi connectivity index (χ3n) is 8.44. The van der Waals surface area contributed by atoms with Crippen LogP contribution in [0.5, 0.6) is 17.2 Å². The van der Waals surface area contributed by atoms with Gasteiger partial charge in [0, 0.05) is 46.4 Å². The first kappa shape index (κ1) is 27.8. The Balaban J connectivity index is 1.29. The summed E-state index contributed by atoms with van der Waals surface area (Å²) in [6.07, 6.45) is 2.68. The molecule has 0 saturated heterocycles. The zero-order valence-electron chi connectivity index (χ0n) is 25.0. The number of alkyl halides is 1. The van der Waals surface area contributed by atoms with Crippen LogP contribution in [0.2, 0.25) is 0 Å². The molecule has 6 aromatic rings. The molecular formula is C36H32F2N4O2. The smallest absolute Gasteiger partial charge is 0.141 e. The van der Waals surface area contributed by atoms with Crippen molar-refractivity contribution in [2.24, 2.45) is 0 Å². The number of ether oxygens (including phenoxy) is 2. The Hall–Kier alpha value is -4.98. The van der Waals surface area contributed by atoms with Crippen molar-refractivity contribution in [1.82, 2.24) is 19.3 Å². The lowest BCUT2D eigenvalue weighted by Gasteiger charge is -2.24. The van der Waals surface area contributed by atoms with Crippen molar-refractivity contribution in [2.45, 2.75) is 45.7 Å². The fourth-order valence-corrected chi connectivity index (χ4v) is 6.48. The van der Waals surface area contributed by atoms with Gasteiger partial charge in [-0.05, 0) is 75.6 Å². The van der Waals surface area contributed by atoms with E-state index >= 15 is 0 Å². The number of aryl methyl sites for hydroxylation is 2. The summed E-state index contributed by atoms with van der Waals surface area (Å²) in [6, 6.07) is 23.8. The normalized spacial score (nSPS) is 16.8. The number of aromatic nitrogens is 4. The minimum Gasteiger partial charge on any atom is -0.497 e. The van der Waals surface area contributed by atoms with E-state index < -0.39 is 17.9 Å². The lowest BCUT2D eigenvalue weighted by atomic mass is 9.85. The molecule has 0 radical (unpaired) electrons. The van der Waals surface area contributed by atoms with Gasteiger partial charge in [0.25, 0.3) is 0 Å². The Labute approximate surface area is 254 Å². The van der Waals surface area contributed by atoms with Crippen LogP contribution in [-0.4, -0.2) is 32.6 Å². The Morgan fingerprint density at radius 3 is 2.50 bits per heavy atom. The molecule has 222 valence electrons. The molecular weight excluding hydrogens is 558 g/mol. The number of allylic oxidation sites excluding steroid dienone is 2. The average Bonchev–Trinajstić information content (AvgIpc) is 3.50. The summed E-state index contributed by atoms with van der Waals surface area (Å²) in [5.41, 5.74) is 5.65. The number of halogens is 2. The lowest BCUT2D eigenvalue weighted by Crippen LogP contribution is -2.19. The molecule has 0 fully saturated rings. The zero-order chi connectivity index (χ0) is 30.5. The first-order chi connectivity index (χ1) is 21.3. The number of pyridine rings is 1. The van der Waals surface area contributed by atoms with Gasteiger partial charge in [0.15, 0.2) is 0 Å². The summed E-state index contributed by atoms with van der Waals surface area (Å²) in [5.74, 6) is 1.41. The summed E-state index contributed by atoms with van der Waals surface area (Å²) in [7, 11) is 1.64. The highest BCUT2D eigenvalue weighted by atomic mass is 19.1. The largest absolute Gasteiger partial charge is 0.497 e. The van der Waals surface area contributed by atoms with E-state index in [9.17, 15) is 8.78 Å². The number of nitrogens with zero attached hydrogens (tertiary/aromatic N) is 4. The van der Waals surface area contributed by atoms with Crippen molar-refractivity contribution in [2.75, 3.05) is 7.11 Å². The van der Waals surface area contributed by atoms with Gasteiger partial charge in [-0.25, -0.2) is 18.4 Å². The molecule has 0 aliphatic heterocycles. The third-order valence-corrected chi connectivity index (χ3v) is 8.44. The van der Waals surface area contributed by atoms with Gasteiger partial charge in [0.05, 0.1) is 35.4 Å². The Bertz CT molecular complexity index is 2080. The number of fused-ring (bicyclic) bond motifs is 3. The van der Waals surface area contributed by atoms with Gasteiger partial charge >= 0.3 is 0 Å². The molecule has 8 heteroatoms. The maximum absolute atomic E-state index is 14.9. The van der Waals surface area contributed by atoms with Crippen LogP contribution < -0.4 is 9.47 Å². The summed E-state index contributed by atoms with van der Waals surface area (Å²) in [5, 5.41) is 6.90. The number of benzene rings is 3. The van der Waals surface area contributed by atoms with Gasteiger partial charge in [0.1, 0.15) is 35.1 Å². The number of para-hydroxylation sites is 1. The van der Waals surface area contributed by atoms with E-state index in [1.807, 2.05) is 75.4 Å². The average molecular weight is 591 g/mol. The van der Waals surface area contributed by atoms with Crippen LogP contribution in [0.15, 0.2) is 90.9 Å². The molecule has 2 atom stereocenters. The summed E-state index contributed by atoms with van der Waals surface area (Å²) in [6.45, 7) is 5.66. The topological polar surface area (TPSA) is 54.1 Å². The van der Waals surface area contributed by atoms with Crippen molar-refractivity contribution in [3.63, 3.8) is 0 Å². The Morgan fingerprint density at radius 1 is 0.864 bits per heavy atom. The highest BCUT2D eigenvalue weighted by Crippen LogP contribution is 2.41. The molecule has 1 aliphatic carbocycles. The fraction of sp³-hybridized carbons (Fsp3) is 0.222. The standard InChI is InChI=1S/C36H32F2N4O2/c1-21-16-24(42-23(3)35(22(2)40-42)36-30(37)9-7-10-31(36)38)18-27(17-21)44-26-12-13-29-28-8-5-6-11-32(28)41(33(29)19-26)34-20-25(43-4)14-15-39-34/h5-6,8-9,11-20,31,36H,7,10H2,1-4H3/t31-,36?/m0/s1. The second-order valence-electron chi connectivity index (χ2n) is 11.3. The van der Waals surface area contributed by atoms with Gasteiger partial charge in [-0.2, -0.15) is 5.10 Å². The summed E-state index contributed by atoms with van der Waals surface area (Å²) >= 11 is 0. The van der Waals surface area contributed by atoms with Crippen LogP contribution in [0.1, 0.15) is 41.3 Å². The van der Waals surface area contributed by atoms with E-state index in [4.69, 9.17) is 14.6 Å². The molecule has 7 rings (SSSR count). The zero-order valence-corrected chi connectivity index (χ0v) is 25.0. The van der Waals surface area contributed by atoms with Crippen LogP contribution >= 0.6 is 0 Å². The molecule has 0 amide bonds. The number of rotatable bonds is 6. The number of hydrogen-bond donors (Lipinski definition) is 0. The van der Waals surface area contributed by atoms with Gasteiger partial charge in [-0.3, -0.25) is 4.57 Å². The molecule has 6 nitrogen and oxygen atoms in total. The molecule has 3 aromatic heterocycles. The molecule has 1 aliphatic rings.